The standard InChI is InChI=1S/C6H9N3S/c7-5-3-4(9-8)1-2-6(5)10/h1-3,9-10H,7-8H2. The highest BCUT2D eigenvalue weighted by Gasteiger charge is 1.93. The maximum atomic E-state index is 5.52. The number of nitrogen functional groups attached to an aromatic ring is 2. The molecule has 0 aliphatic carbocycles. The van der Waals surface area contributed by atoms with Crippen LogP contribution in [0.4, 0.5) is 11.4 Å². The second-order valence-electron chi connectivity index (χ2n) is 1.92. The third-order valence-electron chi connectivity index (χ3n) is 1.19. The van der Waals surface area contributed by atoms with E-state index in [1.54, 1.807) is 18.2 Å². The zero-order valence-corrected chi connectivity index (χ0v) is 6.23. The fraction of sp³-hybridized carbons (Fsp3) is 0. The monoisotopic (exact) mass is 155 g/mol. The number of anilines is 2. The molecule has 1 aromatic carbocycles. The van der Waals surface area contributed by atoms with E-state index < -0.39 is 0 Å². The van der Waals surface area contributed by atoms with E-state index in [0.717, 1.165) is 10.6 Å². The molecular formula is C6H9N3S. The molecule has 0 aromatic heterocycles. The third kappa shape index (κ3) is 1.34. The van der Waals surface area contributed by atoms with Crippen LogP contribution < -0.4 is 17.0 Å². The lowest BCUT2D eigenvalue weighted by Gasteiger charge is -2.01. The van der Waals surface area contributed by atoms with Gasteiger partial charge in [-0.1, -0.05) is 0 Å². The largest absolute Gasteiger partial charge is 0.398 e. The lowest BCUT2D eigenvalue weighted by molar-refractivity contribution is 1.33. The van der Waals surface area contributed by atoms with E-state index in [1.165, 1.54) is 0 Å². The number of hydrogen-bond donors (Lipinski definition) is 4. The Labute approximate surface area is 64.8 Å². The Hall–Kier alpha value is -0.870. The fourth-order valence-corrected chi connectivity index (χ4v) is 0.783. The summed E-state index contributed by atoms with van der Waals surface area (Å²) in [5, 5.41) is 0. The molecule has 0 unspecified atom stereocenters. The molecule has 0 saturated heterocycles. The van der Waals surface area contributed by atoms with Gasteiger partial charge in [-0.2, -0.15) is 0 Å². The van der Waals surface area contributed by atoms with Gasteiger partial charge in [0.2, 0.25) is 0 Å². The van der Waals surface area contributed by atoms with Gasteiger partial charge in [0.05, 0.1) is 5.69 Å². The number of hydrogen-bond acceptors (Lipinski definition) is 4. The van der Waals surface area contributed by atoms with Crippen LogP contribution >= 0.6 is 12.6 Å². The average Bonchev–Trinajstić information content (AvgIpc) is 1.95. The van der Waals surface area contributed by atoms with Crippen molar-refractivity contribution in [3.05, 3.63) is 18.2 Å². The number of thiol groups is 1. The van der Waals surface area contributed by atoms with E-state index in [9.17, 15) is 0 Å². The van der Waals surface area contributed by atoms with Crippen LogP contribution in [-0.4, -0.2) is 0 Å². The van der Waals surface area contributed by atoms with Crippen molar-refractivity contribution in [2.24, 2.45) is 5.84 Å². The minimum Gasteiger partial charge on any atom is -0.398 e. The van der Waals surface area contributed by atoms with Crippen molar-refractivity contribution in [2.75, 3.05) is 11.2 Å². The minimum atomic E-state index is 0.624. The second kappa shape index (κ2) is 2.81. The first-order valence-electron chi connectivity index (χ1n) is 2.79. The Bertz CT molecular complexity index is 236. The molecule has 0 spiro atoms. The van der Waals surface area contributed by atoms with Gasteiger partial charge in [-0.05, 0) is 18.2 Å². The van der Waals surface area contributed by atoms with Gasteiger partial charge in [-0.15, -0.1) is 12.6 Å². The summed E-state index contributed by atoms with van der Waals surface area (Å²) >= 11 is 4.09. The van der Waals surface area contributed by atoms with Crippen LogP contribution in [0.2, 0.25) is 0 Å². The van der Waals surface area contributed by atoms with Crippen LogP contribution in [0.25, 0.3) is 0 Å². The quantitative estimate of drug-likeness (QED) is 0.210. The summed E-state index contributed by atoms with van der Waals surface area (Å²) in [6, 6.07) is 5.31. The molecule has 0 fully saturated rings. The van der Waals surface area contributed by atoms with Gasteiger partial charge in [0.15, 0.2) is 0 Å². The highest BCUT2D eigenvalue weighted by molar-refractivity contribution is 7.80. The topological polar surface area (TPSA) is 64.1 Å². The van der Waals surface area contributed by atoms with E-state index in [2.05, 4.69) is 18.1 Å². The molecule has 0 aliphatic rings. The molecule has 10 heavy (non-hydrogen) atoms. The lowest BCUT2D eigenvalue weighted by Crippen LogP contribution is -2.06. The summed E-state index contributed by atoms with van der Waals surface area (Å²) in [7, 11) is 0. The van der Waals surface area contributed by atoms with Crippen molar-refractivity contribution in [2.45, 2.75) is 4.90 Å². The van der Waals surface area contributed by atoms with Crippen LogP contribution in [-0.2, 0) is 0 Å². The van der Waals surface area contributed by atoms with E-state index >= 15 is 0 Å². The summed E-state index contributed by atoms with van der Waals surface area (Å²) in [5.74, 6) is 5.14. The van der Waals surface area contributed by atoms with E-state index in [4.69, 9.17) is 11.6 Å². The molecule has 0 atom stereocenters. The Morgan fingerprint density at radius 1 is 1.40 bits per heavy atom. The smallest absolute Gasteiger partial charge is 0.0506 e. The Morgan fingerprint density at radius 3 is 2.60 bits per heavy atom. The Balaban J connectivity index is 3.04. The van der Waals surface area contributed by atoms with Gasteiger partial charge in [-0.3, -0.25) is 5.84 Å². The zero-order valence-electron chi connectivity index (χ0n) is 5.33. The van der Waals surface area contributed by atoms with Gasteiger partial charge >= 0.3 is 0 Å². The van der Waals surface area contributed by atoms with Crippen molar-refractivity contribution < 1.29 is 0 Å². The number of nitrogens with one attached hydrogen (secondary N) is 1. The van der Waals surface area contributed by atoms with Crippen LogP contribution in [0.5, 0.6) is 0 Å². The van der Waals surface area contributed by atoms with Crippen molar-refractivity contribution in [1.82, 2.24) is 0 Å². The molecule has 1 rings (SSSR count). The van der Waals surface area contributed by atoms with Crippen LogP contribution in [0.1, 0.15) is 0 Å². The van der Waals surface area contributed by atoms with E-state index in [1.807, 2.05) is 0 Å². The predicted octanol–water partition coefficient (Wildman–Crippen LogP) is 0.843. The van der Waals surface area contributed by atoms with Crippen LogP contribution in [0.3, 0.4) is 0 Å². The van der Waals surface area contributed by atoms with Crippen molar-refractivity contribution in [1.29, 1.82) is 0 Å². The van der Waals surface area contributed by atoms with Crippen LogP contribution in [0.15, 0.2) is 23.1 Å². The normalized spacial score (nSPS) is 9.40. The lowest BCUT2D eigenvalue weighted by atomic mass is 10.3. The van der Waals surface area contributed by atoms with Gasteiger partial charge < -0.3 is 11.2 Å². The van der Waals surface area contributed by atoms with Crippen molar-refractivity contribution in [3.8, 4) is 0 Å². The summed E-state index contributed by atoms with van der Waals surface area (Å²) in [6.07, 6.45) is 0. The van der Waals surface area contributed by atoms with E-state index in [0.29, 0.717) is 5.69 Å². The molecule has 5 N–H and O–H groups in total. The highest BCUT2D eigenvalue weighted by Crippen LogP contribution is 2.19. The average molecular weight is 155 g/mol. The predicted molar refractivity (Wildman–Crippen MR) is 45.9 cm³/mol. The molecule has 54 valence electrons. The maximum Gasteiger partial charge on any atom is 0.0506 e. The number of rotatable bonds is 1. The SMILES string of the molecule is NNc1ccc(S)c(N)c1. The van der Waals surface area contributed by atoms with Crippen LogP contribution in [0, 0.1) is 0 Å². The first-order valence-corrected chi connectivity index (χ1v) is 3.24. The zero-order chi connectivity index (χ0) is 7.56. The molecule has 4 heteroatoms. The molecule has 0 saturated carbocycles. The summed E-state index contributed by atoms with van der Waals surface area (Å²) in [5.41, 5.74) is 9.42. The number of hydrazine groups is 1. The van der Waals surface area contributed by atoms with Gasteiger partial charge in [0, 0.05) is 10.6 Å². The molecule has 0 aliphatic heterocycles. The first kappa shape index (κ1) is 7.24. The molecule has 0 amide bonds. The molecule has 0 radical (unpaired) electrons. The maximum absolute atomic E-state index is 5.52. The highest BCUT2D eigenvalue weighted by atomic mass is 32.1. The first-order chi connectivity index (χ1) is 4.74. The van der Waals surface area contributed by atoms with Crippen molar-refractivity contribution in [3.63, 3.8) is 0 Å². The molecule has 3 nitrogen and oxygen atoms in total. The molecule has 1 aromatic rings. The summed E-state index contributed by atoms with van der Waals surface area (Å²) in [4.78, 5) is 0.763. The van der Waals surface area contributed by atoms with Gasteiger partial charge in [-0.25, -0.2) is 0 Å². The van der Waals surface area contributed by atoms with Gasteiger partial charge in [0.1, 0.15) is 0 Å². The minimum absolute atomic E-state index is 0.624. The second-order valence-corrected chi connectivity index (χ2v) is 2.40. The molecule has 0 bridgehead atoms. The molecule has 0 heterocycles. The molecular weight excluding hydrogens is 146 g/mol. The fourth-order valence-electron chi connectivity index (χ4n) is 0.644. The summed E-state index contributed by atoms with van der Waals surface area (Å²) in [6.45, 7) is 0. The Kier molecular flexibility index (Phi) is 2.03. The number of nitrogens with two attached hydrogens (primary N) is 2. The number of benzene rings is 1. The third-order valence-corrected chi connectivity index (χ3v) is 1.60. The summed E-state index contributed by atoms with van der Waals surface area (Å²) < 4.78 is 0. The van der Waals surface area contributed by atoms with Crippen molar-refractivity contribution >= 4 is 24.0 Å². The Morgan fingerprint density at radius 2 is 2.10 bits per heavy atom. The van der Waals surface area contributed by atoms with Gasteiger partial charge in [0.25, 0.3) is 0 Å². The van der Waals surface area contributed by atoms with E-state index in [-0.39, 0.29) is 0 Å².